The van der Waals surface area contributed by atoms with Gasteiger partial charge in [0.1, 0.15) is 5.69 Å². The van der Waals surface area contributed by atoms with E-state index in [2.05, 4.69) is 20.5 Å². The normalized spacial score (nSPS) is 14.4. The molecule has 0 bridgehead atoms. The number of carbonyl (C=O) groups is 1. The van der Waals surface area contributed by atoms with Gasteiger partial charge in [0, 0.05) is 12.2 Å². The number of hydrogen-bond donors (Lipinski definition) is 2. The molecule has 7 heteroatoms. The lowest BCUT2D eigenvalue weighted by Gasteiger charge is -2.06. The first-order valence-corrected chi connectivity index (χ1v) is 6.31. The van der Waals surface area contributed by atoms with Crippen molar-refractivity contribution in [1.29, 1.82) is 0 Å². The molecular weight excluding hydrogens is 246 g/mol. The van der Waals surface area contributed by atoms with Gasteiger partial charge in [0.25, 0.3) is 5.91 Å². The number of amides is 1. The molecule has 2 aromatic heterocycles. The van der Waals surface area contributed by atoms with E-state index in [9.17, 15) is 4.79 Å². The molecule has 1 aliphatic rings. The summed E-state index contributed by atoms with van der Waals surface area (Å²) in [5.41, 5.74) is 0.636. The number of anilines is 1. The van der Waals surface area contributed by atoms with Gasteiger partial charge >= 0.3 is 6.01 Å². The summed E-state index contributed by atoms with van der Waals surface area (Å²) in [6.45, 7) is 2.33. The number of aromatic amines is 1. The molecule has 7 nitrogen and oxygen atoms in total. The van der Waals surface area contributed by atoms with Crippen LogP contribution in [0, 0.1) is 0 Å². The minimum Gasteiger partial charge on any atom is -0.463 e. The predicted octanol–water partition coefficient (Wildman–Crippen LogP) is 1.59. The molecule has 3 rings (SSSR count). The molecule has 19 heavy (non-hydrogen) atoms. The first kappa shape index (κ1) is 11.8. The summed E-state index contributed by atoms with van der Waals surface area (Å²) in [6, 6.07) is 4.37. The second-order valence-corrected chi connectivity index (χ2v) is 4.39. The van der Waals surface area contributed by atoms with Crippen molar-refractivity contribution < 1.29 is 9.53 Å². The summed E-state index contributed by atoms with van der Waals surface area (Å²) in [5, 5.41) is 9.13. The molecule has 0 aliphatic heterocycles. The van der Waals surface area contributed by atoms with E-state index in [0.717, 1.165) is 12.8 Å². The highest BCUT2D eigenvalue weighted by molar-refractivity contribution is 6.02. The van der Waals surface area contributed by atoms with Crippen molar-refractivity contribution in [1.82, 2.24) is 19.7 Å². The Hall–Kier alpha value is -2.31. The molecule has 2 N–H and O–H groups in total. The van der Waals surface area contributed by atoms with Gasteiger partial charge in [-0.1, -0.05) is 0 Å². The Labute approximate surface area is 110 Å². The van der Waals surface area contributed by atoms with Crippen LogP contribution in [0.4, 0.5) is 5.95 Å². The maximum Gasteiger partial charge on any atom is 0.337 e. The van der Waals surface area contributed by atoms with Crippen LogP contribution in [0.15, 0.2) is 18.3 Å². The van der Waals surface area contributed by atoms with Crippen LogP contribution in [0.1, 0.15) is 36.3 Å². The van der Waals surface area contributed by atoms with Crippen LogP contribution >= 0.6 is 0 Å². The molecule has 0 aromatic carbocycles. The number of rotatable bonds is 5. The van der Waals surface area contributed by atoms with Crippen LogP contribution in [-0.2, 0) is 0 Å². The van der Waals surface area contributed by atoms with Gasteiger partial charge in [-0.2, -0.15) is 4.98 Å². The third kappa shape index (κ3) is 2.44. The quantitative estimate of drug-likeness (QED) is 0.856. The number of ether oxygens (including phenoxy) is 1. The smallest absolute Gasteiger partial charge is 0.337 e. The highest BCUT2D eigenvalue weighted by Gasteiger charge is 2.26. The van der Waals surface area contributed by atoms with Crippen LogP contribution in [0.2, 0.25) is 0 Å². The Kier molecular flexibility index (Phi) is 2.94. The van der Waals surface area contributed by atoms with Gasteiger partial charge in [-0.05, 0) is 31.9 Å². The van der Waals surface area contributed by atoms with E-state index in [1.807, 2.05) is 23.8 Å². The van der Waals surface area contributed by atoms with Gasteiger partial charge in [0.15, 0.2) is 0 Å². The number of aromatic nitrogens is 4. The maximum atomic E-state index is 12.1. The van der Waals surface area contributed by atoms with Crippen molar-refractivity contribution in [3.05, 3.63) is 24.0 Å². The Morgan fingerprint density at radius 1 is 1.63 bits per heavy atom. The predicted molar refractivity (Wildman–Crippen MR) is 68.2 cm³/mol. The molecule has 0 saturated heterocycles. The average molecular weight is 261 g/mol. The third-order valence-electron chi connectivity index (χ3n) is 2.92. The van der Waals surface area contributed by atoms with E-state index < -0.39 is 0 Å². The fourth-order valence-corrected chi connectivity index (χ4v) is 1.92. The standard InChI is InChI=1S/C12H15N5O2/c1-2-19-12-14-11(15-16-12)13-10(18)9-4-3-7-17(9)8-5-6-8/h3-4,7-8H,2,5-6H2,1H3,(H2,13,14,15,16,18). The van der Waals surface area contributed by atoms with Gasteiger partial charge in [-0.3, -0.25) is 10.1 Å². The van der Waals surface area contributed by atoms with E-state index in [0.29, 0.717) is 18.3 Å². The summed E-state index contributed by atoms with van der Waals surface area (Å²) in [5.74, 6) is 0.0908. The molecule has 2 aromatic rings. The molecular formula is C12H15N5O2. The Bertz CT molecular complexity index is 584. The first-order valence-electron chi connectivity index (χ1n) is 6.31. The number of nitrogens with zero attached hydrogens (tertiary/aromatic N) is 3. The molecule has 1 saturated carbocycles. The van der Waals surface area contributed by atoms with Crippen molar-refractivity contribution in [2.45, 2.75) is 25.8 Å². The fourth-order valence-electron chi connectivity index (χ4n) is 1.92. The van der Waals surface area contributed by atoms with Crippen molar-refractivity contribution in [3.63, 3.8) is 0 Å². The van der Waals surface area contributed by atoms with E-state index in [-0.39, 0.29) is 17.9 Å². The van der Waals surface area contributed by atoms with Gasteiger partial charge in [-0.25, -0.2) is 5.10 Å². The number of carbonyl (C=O) groups excluding carboxylic acids is 1. The lowest BCUT2D eigenvalue weighted by Crippen LogP contribution is -2.17. The summed E-state index contributed by atoms with van der Waals surface area (Å²) in [6.07, 6.45) is 4.19. The van der Waals surface area contributed by atoms with Crippen molar-refractivity contribution in [2.75, 3.05) is 11.9 Å². The number of H-pyrrole nitrogens is 1. The highest BCUT2D eigenvalue weighted by atomic mass is 16.5. The Morgan fingerprint density at radius 2 is 2.47 bits per heavy atom. The second-order valence-electron chi connectivity index (χ2n) is 4.39. The van der Waals surface area contributed by atoms with Crippen LogP contribution in [0.5, 0.6) is 6.01 Å². The molecule has 0 unspecified atom stereocenters. The first-order chi connectivity index (χ1) is 9.28. The zero-order chi connectivity index (χ0) is 13.2. The van der Waals surface area contributed by atoms with Gasteiger partial charge < -0.3 is 9.30 Å². The second kappa shape index (κ2) is 4.75. The molecule has 1 fully saturated rings. The van der Waals surface area contributed by atoms with E-state index in [4.69, 9.17) is 4.74 Å². The van der Waals surface area contributed by atoms with Crippen LogP contribution in [-0.4, -0.2) is 32.3 Å². The Balaban J connectivity index is 1.71. The summed E-state index contributed by atoms with van der Waals surface area (Å²) in [7, 11) is 0. The largest absolute Gasteiger partial charge is 0.463 e. The lowest BCUT2D eigenvalue weighted by atomic mass is 10.4. The molecule has 2 heterocycles. The van der Waals surface area contributed by atoms with E-state index in [1.54, 1.807) is 6.07 Å². The molecule has 0 atom stereocenters. The van der Waals surface area contributed by atoms with Gasteiger partial charge in [0.05, 0.1) is 6.61 Å². The summed E-state index contributed by atoms with van der Waals surface area (Å²) >= 11 is 0. The zero-order valence-corrected chi connectivity index (χ0v) is 10.6. The summed E-state index contributed by atoms with van der Waals surface area (Å²) < 4.78 is 7.12. The highest BCUT2D eigenvalue weighted by Crippen LogP contribution is 2.36. The van der Waals surface area contributed by atoms with Crippen molar-refractivity contribution in [3.8, 4) is 6.01 Å². The van der Waals surface area contributed by atoms with Crippen LogP contribution < -0.4 is 10.1 Å². The van der Waals surface area contributed by atoms with Crippen molar-refractivity contribution >= 4 is 11.9 Å². The minimum atomic E-state index is -0.198. The Morgan fingerprint density at radius 3 is 3.21 bits per heavy atom. The van der Waals surface area contributed by atoms with E-state index in [1.165, 1.54) is 0 Å². The van der Waals surface area contributed by atoms with Crippen molar-refractivity contribution in [2.24, 2.45) is 0 Å². The molecule has 0 spiro atoms. The average Bonchev–Trinajstić information content (AvgIpc) is 2.95. The molecule has 0 radical (unpaired) electrons. The third-order valence-corrected chi connectivity index (χ3v) is 2.92. The topological polar surface area (TPSA) is 84.8 Å². The molecule has 1 amide bonds. The van der Waals surface area contributed by atoms with Gasteiger partial charge in [0.2, 0.25) is 5.95 Å². The SMILES string of the molecule is CCOc1n[nH]c(NC(=O)c2cccn2C2CC2)n1. The molecule has 1 aliphatic carbocycles. The van der Waals surface area contributed by atoms with Gasteiger partial charge in [-0.15, -0.1) is 5.10 Å². The molecule has 100 valence electrons. The fraction of sp³-hybridized carbons (Fsp3) is 0.417. The van der Waals surface area contributed by atoms with Crippen LogP contribution in [0.3, 0.4) is 0 Å². The number of nitrogens with one attached hydrogen (secondary N) is 2. The zero-order valence-electron chi connectivity index (χ0n) is 10.6. The monoisotopic (exact) mass is 261 g/mol. The summed E-state index contributed by atoms with van der Waals surface area (Å²) in [4.78, 5) is 16.1. The lowest BCUT2D eigenvalue weighted by molar-refractivity contribution is 0.101. The maximum absolute atomic E-state index is 12.1. The minimum absolute atomic E-state index is 0.198. The van der Waals surface area contributed by atoms with E-state index >= 15 is 0 Å². The van der Waals surface area contributed by atoms with Crippen LogP contribution in [0.25, 0.3) is 0 Å². The number of hydrogen-bond acceptors (Lipinski definition) is 4.